The van der Waals surface area contributed by atoms with Gasteiger partial charge >= 0.3 is 0 Å². The Bertz CT molecular complexity index is 436. The highest BCUT2D eigenvalue weighted by atomic mass is 32.2. The molecule has 0 aliphatic carbocycles. The summed E-state index contributed by atoms with van der Waals surface area (Å²) in [6.07, 6.45) is 2.04. The molecule has 1 N–H and O–H groups in total. The Kier molecular flexibility index (Phi) is 6.05. The molecule has 0 atom stereocenters. The van der Waals surface area contributed by atoms with E-state index in [2.05, 4.69) is 48.3 Å². The Balaban J connectivity index is 1.93. The van der Waals surface area contributed by atoms with Crippen molar-refractivity contribution in [3.05, 3.63) is 29.8 Å². The standard InChI is InChI=1S/C16H26N2OS/c1-3-18(4-2)13-14-6-5-7-16(12-14)17-15-8-10-20(19)11-9-15/h5-7,12,15,17H,3-4,8-11,13H2,1-2H3. The molecule has 1 aromatic carbocycles. The SMILES string of the molecule is CCN(CC)Cc1cccc(NC2CCS(=O)CC2)c1. The largest absolute Gasteiger partial charge is 0.382 e. The Labute approximate surface area is 125 Å². The fraction of sp³-hybridized carbons (Fsp3) is 0.625. The minimum Gasteiger partial charge on any atom is -0.382 e. The van der Waals surface area contributed by atoms with E-state index in [1.54, 1.807) is 0 Å². The van der Waals surface area contributed by atoms with Gasteiger partial charge in [0.05, 0.1) is 0 Å². The second-order valence-electron chi connectivity index (χ2n) is 5.43. The first kappa shape index (κ1) is 15.5. The molecule has 1 aromatic rings. The molecular weight excluding hydrogens is 268 g/mol. The van der Waals surface area contributed by atoms with Gasteiger partial charge in [-0.15, -0.1) is 0 Å². The first-order chi connectivity index (χ1) is 9.71. The molecule has 3 nitrogen and oxygen atoms in total. The van der Waals surface area contributed by atoms with Crippen LogP contribution in [0, 0.1) is 0 Å². The van der Waals surface area contributed by atoms with Gasteiger partial charge in [0.1, 0.15) is 0 Å². The van der Waals surface area contributed by atoms with Crippen LogP contribution in [0.2, 0.25) is 0 Å². The summed E-state index contributed by atoms with van der Waals surface area (Å²) >= 11 is 0. The van der Waals surface area contributed by atoms with E-state index >= 15 is 0 Å². The number of hydrogen-bond donors (Lipinski definition) is 1. The molecule has 0 amide bonds. The Morgan fingerprint density at radius 2 is 1.95 bits per heavy atom. The van der Waals surface area contributed by atoms with Gasteiger partial charge in [-0.25, -0.2) is 0 Å². The minimum atomic E-state index is -0.580. The summed E-state index contributed by atoms with van der Waals surface area (Å²) in [6.45, 7) is 7.59. The number of hydrogen-bond acceptors (Lipinski definition) is 3. The summed E-state index contributed by atoms with van der Waals surface area (Å²) in [5.41, 5.74) is 2.56. The van der Waals surface area contributed by atoms with Crippen molar-refractivity contribution in [1.82, 2.24) is 4.90 Å². The molecule has 0 aromatic heterocycles. The minimum absolute atomic E-state index is 0.483. The van der Waals surface area contributed by atoms with Crippen LogP contribution in [0.15, 0.2) is 24.3 Å². The summed E-state index contributed by atoms with van der Waals surface area (Å²) < 4.78 is 11.4. The molecule has 0 unspecified atom stereocenters. The summed E-state index contributed by atoms with van der Waals surface area (Å²) in [6, 6.07) is 9.19. The van der Waals surface area contributed by atoms with Crippen molar-refractivity contribution in [3.63, 3.8) is 0 Å². The maximum Gasteiger partial charge on any atom is 0.0345 e. The van der Waals surface area contributed by atoms with E-state index < -0.39 is 10.8 Å². The van der Waals surface area contributed by atoms with Crippen LogP contribution in [0.3, 0.4) is 0 Å². The van der Waals surface area contributed by atoms with E-state index in [1.807, 2.05) is 0 Å². The van der Waals surface area contributed by atoms with Gasteiger partial charge in [-0.05, 0) is 43.6 Å². The maximum absolute atomic E-state index is 11.4. The van der Waals surface area contributed by atoms with Gasteiger partial charge in [0.25, 0.3) is 0 Å². The van der Waals surface area contributed by atoms with Crippen LogP contribution in [-0.4, -0.2) is 39.7 Å². The second kappa shape index (κ2) is 7.79. The molecule has 1 heterocycles. The van der Waals surface area contributed by atoms with E-state index in [1.165, 1.54) is 11.3 Å². The highest BCUT2D eigenvalue weighted by molar-refractivity contribution is 7.85. The zero-order valence-corrected chi connectivity index (χ0v) is 13.4. The number of anilines is 1. The van der Waals surface area contributed by atoms with Gasteiger partial charge in [-0.3, -0.25) is 9.11 Å². The third kappa shape index (κ3) is 4.60. The molecule has 112 valence electrons. The smallest absolute Gasteiger partial charge is 0.0345 e. The monoisotopic (exact) mass is 294 g/mol. The lowest BCUT2D eigenvalue weighted by Gasteiger charge is -2.24. The third-order valence-electron chi connectivity index (χ3n) is 3.99. The lowest BCUT2D eigenvalue weighted by molar-refractivity contribution is 0.296. The zero-order chi connectivity index (χ0) is 14.4. The van der Waals surface area contributed by atoms with Crippen LogP contribution in [0.5, 0.6) is 0 Å². The lowest BCUT2D eigenvalue weighted by atomic mass is 10.1. The summed E-state index contributed by atoms with van der Waals surface area (Å²) in [4.78, 5) is 2.42. The van der Waals surface area contributed by atoms with E-state index in [-0.39, 0.29) is 0 Å². The fourth-order valence-electron chi connectivity index (χ4n) is 2.64. The van der Waals surface area contributed by atoms with Gasteiger partial charge in [-0.1, -0.05) is 26.0 Å². The van der Waals surface area contributed by atoms with Crippen LogP contribution in [0.25, 0.3) is 0 Å². The van der Waals surface area contributed by atoms with Gasteiger partial charge in [0, 0.05) is 40.6 Å². The molecule has 0 bridgehead atoms. The number of rotatable bonds is 6. The Morgan fingerprint density at radius 1 is 1.25 bits per heavy atom. The number of nitrogens with zero attached hydrogens (tertiary/aromatic N) is 1. The molecule has 20 heavy (non-hydrogen) atoms. The topological polar surface area (TPSA) is 32.3 Å². The van der Waals surface area contributed by atoms with Crippen molar-refractivity contribution < 1.29 is 4.21 Å². The maximum atomic E-state index is 11.4. The van der Waals surface area contributed by atoms with E-state index in [4.69, 9.17) is 0 Å². The van der Waals surface area contributed by atoms with Crippen molar-refractivity contribution >= 4 is 16.5 Å². The molecule has 1 aliphatic heterocycles. The van der Waals surface area contributed by atoms with Crippen molar-refractivity contribution in [2.24, 2.45) is 0 Å². The predicted molar refractivity (Wildman–Crippen MR) is 87.6 cm³/mol. The first-order valence-electron chi connectivity index (χ1n) is 7.64. The van der Waals surface area contributed by atoms with E-state index in [9.17, 15) is 4.21 Å². The van der Waals surface area contributed by atoms with Gasteiger partial charge in [0.15, 0.2) is 0 Å². The number of nitrogens with one attached hydrogen (secondary N) is 1. The van der Waals surface area contributed by atoms with Crippen molar-refractivity contribution in [3.8, 4) is 0 Å². The van der Waals surface area contributed by atoms with Gasteiger partial charge in [-0.2, -0.15) is 0 Å². The summed E-state index contributed by atoms with van der Waals surface area (Å²) in [5.74, 6) is 1.69. The number of benzene rings is 1. The molecular formula is C16H26N2OS. The van der Waals surface area contributed by atoms with E-state index in [0.717, 1.165) is 44.0 Å². The Hall–Kier alpha value is -0.870. The molecule has 1 saturated heterocycles. The second-order valence-corrected chi connectivity index (χ2v) is 7.12. The molecule has 4 heteroatoms. The van der Waals surface area contributed by atoms with Crippen molar-refractivity contribution in [2.75, 3.05) is 29.9 Å². The van der Waals surface area contributed by atoms with Crippen molar-refractivity contribution in [1.29, 1.82) is 0 Å². The van der Waals surface area contributed by atoms with Crippen LogP contribution in [-0.2, 0) is 17.3 Å². The first-order valence-corrected chi connectivity index (χ1v) is 9.13. The van der Waals surface area contributed by atoms with E-state index in [0.29, 0.717) is 6.04 Å². The Morgan fingerprint density at radius 3 is 2.60 bits per heavy atom. The lowest BCUT2D eigenvalue weighted by Crippen LogP contribution is -2.29. The van der Waals surface area contributed by atoms with Gasteiger partial charge < -0.3 is 5.32 Å². The zero-order valence-electron chi connectivity index (χ0n) is 12.6. The summed E-state index contributed by atoms with van der Waals surface area (Å²) in [7, 11) is -0.580. The highest BCUT2D eigenvalue weighted by Gasteiger charge is 2.17. The van der Waals surface area contributed by atoms with Crippen LogP contribution >= 0.6 is 0 Å². The fourth-order valence-corrected chi connectivity index (χ4v) is 3.94. The molecule has 2 rings (SSSR count). The summed E-state index contributed by atoms with van der Waals surface area (Å²) in [5, 5.41) is 3.60. The van der Waals surface area contributed by atoms with Crippen LogP contribution in [0.1, 0.15) is 32.3 Å². The van der Waals surface area contributed by atoms with Crippen molar-refractivity contribution in [2.45, 2.75) is 39.3 Å². The molecule has 1 aliphatic rings. The quantitative estimate of drug-likeness (QED) is 0.875. The molecule has 0 spiro atoms. The van der Waals surface area contributed by atoms with Crippen LogP contribution in [0.4, 0.5) is 5.69 Å². The average Bonchev–Trinajstić information content (AvgIpc) is 2.47. The molecule has 1 fully saturated rings. The van der Waals surface area contributed by atoms with Crippen LogP contribution < -0.4 is 5.32 Å². The third-order valence-corrected chi connectivity index (χ3v) is 5.37. The molecule has 0 radical (unpaired) electrons. The normalized spacial score (nSPS) is 22.9. The average molecular weight is 294 g/mol. The predicted octanol–water partition coefficient (Wildman–Crippen LogP) is 2.85. The van der Waals surface area contributed by atoms with Gasteiger partial charge in [0.2, 0.25) is 0 Å². The highest BCUT2D eigenvalue weighted by Crippen LogP contribution is 2.18. The molecule has 0 saturated carbocycles.